The van der Waals surface area contributed by atoms with Crippen LogP contribution in [0.2, 0.25) is 0 Å². The van der Waals surface area contributed by atoms with Gasteiger partial charge in [-0.3, -0.25) is 4.79 Å². The van der Waals surface area contributed by atoms with E-state index in [4.69, 9.17) is 9.47 Å². The van der Waals surface area contributed by atoms with Crippen LogP contribution in [0.25, 0.3) is 11.3 Å². The van der Waals surface area contributed by atoms with Gasteiger partial charge in [-0.25, -0.2) is 14.6 Å². The largest absolute Gasteiger partial charge is 0.463 e. The van der Waals surface area contributed by atoms with E-state index in [0.29, 0.717) is 30.8 Å². The number of benzene rings is 1. The van der Waals surface area contributed by atoms with Crippen molar-refractivity contribution in [1.29, 1.82) is 0 Å². The third-order valence-corrected chi connectivity index (χ3v) is 4.40. The van der Waals surface area contributed by atoms with Crippen LogP contribution in [0.1, 0.15) is 11.1 Å². The highest BCUT2D eigenvalue weighted by atomic mass is 16.5. The normalized spacial score (nSPS) is 14.0. The van der Waals surface area contributed by atoms with E-state index in [0.717, 1.165) is 24.3 Å². The molecule has 3 heterocycles. The Morgan fingerprint density at radius 1 is 1.11 bits per heavy atom. The smallest absolute Gasteiger partial charge is 0.316 e. The Morgan fingerprint density at radius 2 is 1.85 bits per heavy atom. The van der Waals surface area contributed by atoms with Crippen LogP contribution >= 0.6 is 0 Å². The average Bonchev–Trinajstić information content (AvgIpc) is 2.65. The molecule has 2 aromatic heterocycles. The molecule has 0 aliphatic carbocycles. The van der Waals surface area contributed by atoms with E-state index in [1.807, 2.05) is 31.2 Å². The molecule has 0 N–H and O–H groups in total. The summed E-state index contributed by atoms with van der Waals surface area (Å²) in [5.41, 5.74) is 3.42. The fraction of sp³-hybridized carbons (Fsp3) is 0.300. The summed E-state index contributed by atoms with van der Waals surface area (Å²) in [7, 11) is 0. The Bertz CT molecular complexity index is 964. The number of hydrogen-bond acceptors (Lipinski definition) is 6. The van der Waals surface area contributed by atoms with E-state index in [1.54, 1.807) is 18.5 Å². The van der Waals surface area contributed by atoms with Gasteiger partial charge in [0.2, 0.25) is 0 Å². The molecule has 7 heteroatoms. The first-order chi connectivity index (χ1) is 13.2. The van der Waals surface area contributed by atoms with Crippen LogP contribution in [-0.2, 0) is 11.3 Å². The van der Waals surface area contributed by atoms with Crippen LogP contribution in [0.5, 0.6) is 6.01 Å². The van der Waals surface area contributed by atoms with Crippen molar-refractivity contribution in [1.82, 2.24) is 19.7 Å². The van der Waals surface area contributed by atoms with E-state index in [-0.39, 0.29) is 5.56 Å². The second-order valence-electron chi connectivity index (χ2n) is 6.67. The predicted molar refractivity (Wildman–Crippen MR) is 99.6 cm³/mol. The highest BCUT2D eigenvalue weighted by molar-refractivity contribution is 5.55. The van der Waals surface area contributed by atoms with Gasteiger partial charge in [-0.1, -0.05) is 29.8 Å². The predicted octanol–water partition coefficient (Wildman–Crippen LogP) is 2.08. The maximum Gasteiger partial charge on any atom is 0.316 e. The van der Waals surface area contributed by atoms with E-state index in [2.05, 4.69) is 15.1 Å². The minimum atomic E-state index is -0.150. The zero-order valence-electron chi connectivity index (χ0n) is 15.0. The number of aromatic nitrogens is 4. The van der Waals surface area contributed by atoms with Crippen molar-refractivity contribution >= 4 is 0 Å². The van der Waals surface area contributed by atoms with Gasteiger partial charge in [0, 0.05) is 29.9 Å². The fourth-order valence-corrected chi connectivity index (χ4v) is 2.68. The maximum atomic E-state index is 12.2. The standard InChI is InChI=1S/C20H20N4O3/c1-14-2-4-15(5-3-14)10-24-19(25)7-6-18(23-24)17-8-21-20(22-9-17)27-13-16-11-26-12-16/h2-9,16H,10-13H2,1H3. The van der Waals surface area contributed by atoms with E-state index >= 15 is 0 Å². The average molecular weight is 364 g/mol. The lowest BCUT2D eigenvalue weighted by Gasteiger charge is -2.25. The Labute approximate surface area is 156 Å². The van der Waals surface area contributed by atoms with E-state index < -0.39 is 0 Å². The van der Waals surface area contributed by atoms with Crippen molar-refractivity contribution in [3.8, 4) is 17.3 Å². The Hall–Kier alpha value is -3.06. The molecule has 4 rings (SSSR count). The summed E-state index contributed by atoms with van der Waals surface area (Å²) >= 11 is 0. The van der Waals surface area contributed by atoms with Crippen LogP contribution in [0.4, 0.5) is 0 Å². The fourth-order valence-electron chi connectivity index (χ4n) is 2.68. The first-order valence-corrected chi connectivity index (χ1v) is 8.84. The number of nitrogens with zero attached hydrogens (tertiary/aromatic N) is 4. The molecule has 1 aliphatic rings. The van der Waals surface area contributed by atoms with Gasteiger partial charge in [0.1, 0.15) is 0 Å². The lowest BCUT2D eigenvalue weighted by atomic mass is 10.1. The van der Waals surface area contributed by atoms with Gasteiger partial charge in [-0.15, -0.1) is 0 Å². The molecule has 7 nitrogen and oxygen atoms in total. The molecule has 0 bridgehead atoms. The molecule has 138 valence electrons. The third kappa shape index (κ3) is 4.20. The molecule has 0 saturated carbocycles. The first kappa shape index (κ1) is 17.4. The van der Waals surface area contributed by atoms with Gasteiger partial charge < -0.3 is 9.47 Å². The quantitative estimate of drug-likeness (QED) is 0.666. The van der Waals surface area contributed by atoms with Gasteiger partial charge >= 0.3 is 6.01 Å². The first-order valence-electron chi connectivity index (χ1n) is 8.84. The summed E-state index contributed by atoms with van der Waals surface area (Å²) in [6, 6.07) is 11.6. The molecule has 1 aromatic carbocycles. The second kappa shape index (κ2) is 7.67. The minimum absolute atomic E-state index is 0.150. The number of ether oxygens (including phenoxy) is 2. The van der Waals surface area contributed by atoms with Crippen molar-refractivity contribution in [3.05, 3.63) is 70.3 Å². The Kier molecular flexibility index (Phi) is 4.93. The molecular weight excluding hydrogens is 344 g/mol. The van der Waals surface area contributed by atoms with Gasteiger partial charge in [0.05, 0.1) is 32.1 Å². The van der Waals surface area contributed by atoms with Crippen molar-refractivity contribution in [3.63, 3.8) is 0 Å². The molecule has 0 amide bonds. The van der Waals surface area contributed by atoms with Gasteiger partial charge in [-0.05, 0) is 18.6 Å². The SMILES string of the molecule is Cc1ccc(Cn2nc(-c3cnc(OCC4COC4)nc3)ccc2=O)cc1. The van der Waals surface area contributed by atoms with E-state index in [9.17, 15) is 4.79 Å². The van der Waals surface area contributed by atoms with Crippen molar-refractivity contribution in [2.24, 2.45) is 5.92 Å². The summed E-state index contributed by atoms with van der Waals surface area (Å²) < 4.78 is 12.1. The van der Waals surface area contributed by atoms with Gasteiger partial charge in [0.15, 0.2) is 0 Å². The summed E-state index contributed by atoms with van der Waals surface area (Å²) in [6.45, 7) is 4.45. The third-order valence-electron chi connectivity index (χ3n) is 4.40. The van der Waals surface area contributed by atoms with Crippen LogP contribution in [0.15, 0.2) is 53.6 Å². The molecule has 27 heavy (non-hydrogen) atoms. The van der Waals surface area contributed by atoms with Crippen molar-refractivity contribution in [2.45, 2.75) is 13.5 Å². The number of aryl methyl sites for hydroxylation is 1. The molecule has 1 aliphatic heterocycles. The highest BCUT2D eigenvalue weighted by Crippen LogP contribution is 2.16. The van der Waals surface area contributed by atoms with Crippen LogP contribution in [-0.4, -0.2) is 39.6 Å². The molecule has 1 saturated heterocycles. The zero-order chi connectivity index (χ0) is 18.6. The number of hydrogen-bond donors (Lipinski definition) is 0. The zero-order valence-corrected chi connectivity index (χ0v) is 15.0. The Balaban J connectivity index is 1.49. The maximum absolute atomic E-state index is 12.2. The van der Waals surface area contributed by atoms with Gasteiger partial charge in [-0.2, -0.15) is 5.10 Å². The van der Waals surface area contributed by atoms with E-state index in [1.165, 1.54) is 16.3 Å². The number of rotatable bonds is 6. The van der Waals surface area contributed by atoms with Crippen LogP contribution in [0.3, 0.4) is 0 Å². The van der Waals surface area contributed by atoms with Crippen molar-refractivity contribution in [2.75, 3.05) is 19.8 Å². The molecule has 0 spiro atoms. The molecule has 3 aromatic rings. The molecule has 0 atom stereocenters. The molecule has 0 radical (unpaired) electrons. The second-order valence-corrected chi connectivity index (χ2v) is 6.67. The topological polar surface area (TPSA) is 79.1 Å². The van der Waals surface area contributed by atoms with Crippen LogP contribution in [0, 0.1) is 12.8 Å². The lowest BCUT2D eigenvalue weighted by molar-refractivity contribution is -0.0520. The van der Waals surface area contributed by atoms with Gasteiger partial charge in [0.25, 0.3) is 5.56 Å². The van der Waals surface area contributed by atoms with Crippen molar-refractivity contribution < 1.29 is 9.47 Å². The molecule has 1 fully saturated rings. The molecule has 0 unspecified atom stereocenters. The highest BCUT2D eigenvalue weighted by Gasteiger charge is 2.19. The monoisotopic (exact) mass is 364 g/mol. The Morgan fingerprint density at radius 3 is 2.52 bits per heavy atom. The lowest BCUT2D eigenvalue weighted by Crippen LogP contribution is -2.32. The summed E-state index contributed by atoms with van der Waals surface area (Å²) in [5.74, 6) is 0.417. The summed E-state index contributed by atoms with van der Waals surface area (Å²) in [4.78, 5) is 20.6. The minimum Gasteiger partial charge on any atom is -0.463 e. The van der Waals surface area contributed by atoms with Crippen LogP contribution < -0.4 is 10.3 Å². The molecular formula is C20H20N4O3. The summed E-state index contributed by atoms with van der Waals surface area (Å²) in [5, 5.41) is 4.45. The summed E-state index contributed by atoms with van der Waals surface area (Å²) in [6.07, 6.45) is 3.31.